The van der Waals surface area contributed by atoms with E-state index in [0.29, 0.717) is 24.5 Å². The minimum absolute atomic E-state index is 0.124. The summed E-state index contributed by atoms with van der Waals surface area (Å²) in [5.74, 6) is 0.215. The normalized spacial score (nSPS) is 13.1. The number of methoxy groups -OCH3 is 1. The van der Waals surface area contributed by atoms with Crippen molar-refractivity contribution < 1.29 is 14.5 Å². The topological polar surface area (TPSA) is 119 Å². The van der Waals surface area contributed by atoms with Gasteiger partial charge in [-0.1, -0.05) is 12.1 Å². The van der Waals surface area contributed by atoms with Crippen molar-refractivity contribution in [3.8, 4) is 0 Å². The summed E-state index contributed by atoms with van der Waals surface area (Å²) < 4.78 is 4.66. The quantitative estimate of drug-likeness (QED) is 0.420. The first-order valence-electron chi connectivity index (χ1n) is 8.26. The van der Waals surface area contributed by atoms with E-state index in [2.05, 4.69) is 25.3 Å². The van der Waals surface area contributed by atoms with Gasteiger partial charge in [-0.05, 0) is 37.0 Å². The Balaban J connectivity index is 1.59. The van der Waals surface area contributed by atoms with Crippen LogP contribution in [0.25, 0.3) is 0 Å². The number of hydrogen-bond donors (Lipinski definition) is 2. The summed E-state index contributed by atoms with van der Waals surface area (Å²) in [6, 6.07) is 7.38. The van der Waals surface area contributed by atoms with Crippen LogP contribution < -0.4 is 10.6 Å². The maximum absolute atomic E-state index is 11.4. The van der Waals surface area contributed by atoms with E-state index in [4.69, 9.17) is 0 Å². The third-order valence-electron chi connectivity index (χ3n) is 3.96. The highest BCUT2D eigenvalue weighted by Gasteiger charge is 2.26. The van der Waals surface area contributed by atoms with Gasteiger partial charge in [0, 0.05) is 12.6 Å². The second-order valence-corrected chi connectivity index (χ2v) is 5.97. The second kappa shape index (κ2) is 7.77. The average Bonchev–Trinajstić information content (AvgIpc) is 3.45. The molecule has 3 rings (SSSR count). The van der Waals surface area contributed by atoms with E-state index < -0.39 is 4.92 Å². The van der Waals surface area contributed by atoms with Crippen molar-refractivity contribution >= 4 is 23.4 Å². The molecule has 0 spiro atoms. The van der Waals surface area contributed by atoms with E-state index >= 15 is 0 Å². The predicted molar refractivity (Wildman–Crippen MR) is 95.3 cm³/mol. The van der Waals surface area contributed by atoms with E-state index in [-0.39, 0.29) is 23.5 Å². The fraction of sp³-hybridized carbons (Fsp3) is 0.353. The van der Waals surface area contributed by atoms with Crippen molar-refractivity contribution in [3.05, 3.63) is 51.7 Å². The van der Waals surface area contributed by atoms with Crippen LogP contribution in [0.15, 0.2) is 30.5 Å². The van der Waals surface area contributed by atoms with Crippen LogP contribution in [-0.2, 0) is 11.2 Å². The molecule has 2 aromatic rings. The van der Waals surface area contributed by atoms with E-state index in [9.17, 15) is 14.9 Å². The lowest BCUT2D eigenvalue weighted by Gasteiger charge is -2.08. The molecule has 26 heavy (non-hydrogen) atoms. The van der Waals surface area contributed by atoms with Gasteiger partial charge in [-0.3, -0.25) is 10.1 Å². The molecule has 1 fully saturated rings. The summed E-state index contributed by atoms with van der Waals surface area (Å²) >= 11 is 0. The Morgan fingerprint density at radius 2 is 2.08 bits per heavy atom. The first kappa shape index (κ1) is 17.6. The highest BCUT2D eigenvalue weighted by Crippen LogP contribution is 2.29. The van der Waals surface area contributed by atoms with Gasteiger partial charge in [-0.2, -0.15) is 4.98 Å². The summed E-state index contributed by atoms with van der Waals surface area (Å²) in [6.07, 6.45) is 3.88. The molecule has 0 radical (unpaired) electrons. The maximum Gasteiger partial charge on any atom is 0.337 e. The van der Waals surface area contributed by atoms with E-state index in [1.807, 2.05) is 12.1 Å². The smallest absolute Gasteiger partial charge is 0.337 e. The third kappa shape index (κ3) is 4.44. The number of hydrogen-bond acceptors (Lipinski definition) is 8. The molecule has 0 saturated heterocycles. The monoisotopic (exact) mass is 357 g/mol. The lowest BCUT2D eigenvalue weighted by molar-refractivity contribution is -0.384. The minimum Gasteiger partial charge on any atom is -0.465 e. The van der Waals surface area contributed by atoms with Crippen molar-refractivity contribution in [1.82, 2.24) is 9.97 Å². The molecule has 0 unspecified atom stereocenters. The van der Waals surface area contributed by atoms with Crippen molar-refractivity contribution in [3.63, 3.8) is 0 Å². The lowest BCUT2D eigenvalue weighted by Crippen LogP contribution is -2.12. The highest BCUT2D eigenvalue weighted by atomic mass is 16.6. The van der Waals surface area contributed by atoms with Gasteiger partial charge in [0.2, 0.25) is 11.8 Å². The van der Waals surface area contributed by atoms with E-state index in [0.717, 1.165) is 18.4 Å². The Kier molecular flexibility index (Phi) is 5.26. The molecule has 1 aromatic carbocycles. The zero-order valence-electron chi connectivity index (χ0n) is 14.3. The Morgan fingerprint density at radius 1 is 1.35 bits per heavy atom. The number of carbonyl (C=O) groups excluding carboxylic acids is 1. The number of ether oxygens (including phenoxy) is 1. The molecular weight excluding hydrogens is 338 g/mol. The molecule has 136 valence electrons. The number of nitrogens with zero attached hydrogens (tertiary/aromatic N) is 3. The van der Waals surface area contributed by atoms with E-state index in [1.54, 1.807) is 12.1 Å². The number of aromatic nitrogens is 2. The van der Waals surface area contributed by atoms with Crippen LogP contribution in [0.4, 0.5) is 17.5 Å². The Labute approximate surface area is 150 Å². The van der Waals surface area contributed by atoms with Crippen LogP contribution in [0.1, 0.15) is 28.8 Å². The van der Waals surface area contributed by atoms with Gasteiger partial charge in [-0.15, -0.1) is 0 Å². The zero-order chi connectivity index (χ0) is 18.5. The Morgan fingerprint density at radius 3 is 2.69 bits per heavy atom. The van der Waals surface area contributed by atoms with Gasteiger partial charge < -0.3 is 15.4 Å². The van der Waals surface area contributed by atoms with Gasteiger partial charge in [0.1, 0.15) is 6.20 Å². The fourth-order valence-electron chi connectivity index (χ4n) is 2.37. The SMILES string of the molecule is COC(=O)c1ccc(CCNc2ncc([N+](=O)[O-])c(NC3CC3)n2)cc1. The zero-order valence-corrected chi connectivity index (χ0v) is 14.3. The van der Waals surface area contributed by atoms with Crippen LogP contribution in [0.2, 0.25) is 0 Å². The Hall–Kier alpha value is -3.23. The summed E-state index contributed by atoms with van der Waals surface area (Å²) in [4.78, 5) is 30.2. The van der Waals surface area contributed by atoms with Crippen LogP contribution in [0.3, 0.4) is 0 Å². The van der Waals surface area contributed by atoms with Gasteiger partial charge in [0.05, 0.1) is 17.6 Å². The molecule has 1 aliphatic carbocycles. The number of rotatable bonds is 8. The van der Waals surface area contributed by atoms with Gasteiger partial charge in [0.15, 0.2) is 0 Å². The second-order valence-electron chi connectivity index (χ2n) is 5.97. The summed E-state index contributed by atoms with van der Waals surface area (Å²) in [5, 5.41) is 17.2. The van der Waals surface area contributed by atoms with Crippen LogP contribution in [-0.4, -0.2) is 40.6 Å². The van der Waals surface area contributed by atoms with E-state index in [1.165, 1.54) is 13.3 Å². The fourth-order valence-corrected chi connectivity index (χ4v) is 2.37. The summed E-state index contributed by atoms with van der Waals surface area (Å²) in [6.45, 7) is 0.554. The van der Waals surface area contributed by atoms with Crippen molar-refractivity contribution in [2.45, 2.75) is 25.3 Å². The summed E-state index contributed by atoms with van der Waals surface area (Å²) in [7, 11) is 1.34. The van der Waals surface area contributed by atoms with Crippen LogP contribution in [0, 0.1) is 10.1 Å². The average molecular weight is 357 g/mol. The molecule has 1 saturated carbocycles. The molecule has 9 heteroatoms. The highest BCUT2D eigenvalue weighted by molar-refractivity contribution is 5.89. The largest absolute Gasteiger partial charge is 0.465 e. The van der Waals surface area contributed by atoms with Gasteiger partial charge in [0.25, 0.3) is 0 Å². The van der Waals surface area contributed by atoms with Crippen LogP contribution in [0.5, 0.6) is 0 Å². The molecular formula is C17H19N5O4. The van der Waals surface area contributed by atoms with Crippen LogP contribution >= 0.6 is 0 Å². The maximum atomic E-state index is 11.4. The molecule has 1 aliphatic rings. The van der Waals surface area contributed by atoms with Crippen molar-refractivity contribution in [2.75, 3.05) is 24.3 Å². The molecule has 0 aliphatic heterocycles. The van der Waals surface area contributed by atoms with Gasteiger partial charge in [-0.25, -0.2) is 9.78 Å². The molecule has 0 atom stereocenters. The minimum atomic E-state index is -0.489. The molecule has 1 heterocycles. The third-order valence-corrected chi connectivity index (χ3v) is 3.96. The molecule has 1 aromatic heterocycles. The molecule has 0 amide bonds. The number of benzene rings is 1. The lowest BCUT2D eigenvalue weighted by atomic mass is 10.1. The van der Waals surface area contributed by atoms with Crippen molar-refractivity contribution in [1.29, 1.82) is 0 Å². The summed E-state index contributed by atoms with van der Waals surface area (Å²) in [5.41, 5.74) is 1.41. The standard InChI is InChI=1S/C17H19N5O4/c1-26-16(23)12-4-2-11(3-5-12)8-9-18-17-19-10-14(22(24)25)15(21-17)20-13-6-7-13/h2-5,10,13H,6-9H2,1H3,(H2,18,19,20,21). The van der Waals surface area contributed by atoms with Gasteiger partial charge >= 0.3 is 11.7 Å². The predicted octanol–water partition coefficient (Wildman–Crippen LogP) is 2.40. The number of nitro groups is 1. The number of anilines is 2. The van der Waals surface area contributed by atoms with Crippen molar-refractivity contribution in [2.24, 2.45) is 0 Å². The first-order chi connectivity index (χ1) is 12.6. The number of esters is 1. The molecule has 2 N–H and O–H groups in total. The number of nitrogens with one attached hydrogen (secondary N) is 2. The first-order valence-corrected chi connectivity index (χ1v) is 8.26. The molecule has 9 nitrogen and oxygen atoms in total. The number of carbonyl (C=O) groups is 1. The Bertz CT molecular complexity index is 805. The molecule has 0 bridgehead atoms.